The minimum Gasteiger partial charge on any atom is -0.348 e. The second-order valence-electron chi connectivity index (χ2n) is 6.12. The summed E-state index contributed by atoms with van der Waals surface area (Å²) in [6.45, 7) is 12.1. The molecule has 3 nitrogen and oxygen atoms in total. The van der Waals surface area contributed by atoms with Gasteiger partial charge in [-0.2, -0.15) is 0 Å². The number of benzene rings is 2. The number of thioether (sulfide) groups is 1. The van der Waals surface area contributed by atoms with Crippen LogP contribution in [0, 0.1) is 0 Å². The number of carbonyl (C=O) groups excluding carboxylic acids is 1. The van der Waals surface area contributed by atoms with E-state index in [9.17, 15) is 4.79 Å². The van der Waals surface area contributed by atoms with Gasteiger partial charge in [0, 0.05) is 22.4 Å². The molecule has 0 spiro atoms. The molecular weight excluding hydrogens is 388 g/mol. The molecule has 1 aromatic heterocycles. The molecule has 1 amide bonds. The van der Waals surface area contributed by atoms with Crippen molar-refractivity contribution in [2.45, 2.75) is 25.3 Å². The molecule has 2 aromatic carbocycles. The van der Waals surface area contributed by atoms with Crippen molar-refractivity contribution < 1.29 is 4.79 Å². The van der Waals surface area contributed by atoms with Gasteiger partial charge in [-0.25, -0.2) is 4.98 Å². The SMILES string of the molecule is C=C/C=C(\C=C)c1nc2ccccc2c(C(=O)NCc2ccccc2)c1SC.CC. The molecule has 0 unspecified atom stereocenters. The van der Waals surface area contributed by atoms with Crippen molar-refractivity contribution in [1.82, 2.24) is 10.3 Å². The monoisotopic (exact) mass is 416 g/mol. The Labute approximate surface area is 183 Å². The van der Waals surface area contributed by atoms with Gasteiger partial charge in [-0.05, 0) is 17.9 Å². The van der Waals surface area contributed by atoms with Crippen LogP contribution in [0.2, 0.25) is 0 Å². The lowest BCUT2D eigenvalue weighted by atomic mass is 10.0. The number of amides is 1. The fourth-order valence-corrected chi connectivity index (χ4v) is 3.82. The van der Waals surface area contributed by atoms with Gasteiger partial charge < -0.3 is 5.32 Å². The van der Waals surface area contributed by atoms with E-state index in [2.05, 4.69) is 18.5 Å². The fourth-order valence-electron chi connectivity index (χ4n) is 3.05. The summed E-state index contributed by atoms with van der Waals surface area (Å²) in [6, 6.07) is 17.6. The molecule has 3 rings (SSSR count). The first-order valence-corrected chi connectivity index (χ1v) is 11.2. The van der Waals surface area contributed by atoms with E-state index < -0.39 is 0 Å². The first kappa shape index (κ1) is 23.2. The van der Waals surface area contributed by atoms with E-state index in [0.717, 1.165) is 32.6 Å². The summed E-state index contributed by atoms with van der Waals surface area (Å²) in [5.74, 6) is -0.116. The average Bonchev–Trinajstić information content (AvgIpc) is 2.81. The Morgan fingerprint density at radius 1 is 1.07 bits per heavy atom. The zero-order valence-electron chi connectivity index (χ0n) is 17.8. The fraction of sp³-hybridized carbons (Fsp3) is 0.154. The topological polar surface area (TPSA) is 42.0 Å². The van der Waals surface area contributed by atoms with Gasteiger partial charge >= 0.3 is 0 Å². The Bertz CT molecular complexity index is 1060. The van der Waals surface area contributed by atoms with Crippen LogP contribution in [0.1, 0.15) is 35.5 Å². The highest BCUT2D eigenvalue weighted by Crippen LogP contribution is 2.34. The minimum absolute atomic E-state index is 0.116. The largest absolute Gasteiger partial charge is 0.348 e. The summed E-state index contributed by atoms with van der Waals surface area (Å²) in [5.41, 5.74) is 4.05. The second kappa shape index (κ2) is 11.8. The maximum Gasteiger partial charge on any atom is 0.253 e. The quantitative estimate of drug-likeness (QED) is 0.345. The standard InChI is InChI=1S/C24H22N2OS.C2H6/c1-4-11-18(5-2)22-23(28-3)21(19-14-9-10-15-20(19)26-22)24(27)25-16-17-12-7-6-8-13-17;1-2/h4-15H,1-2,16H2,3H3,(H,25,27);1-2H3/b18-11+;. The van der Waals surface area contributed by atoms with Gasteiger partial charge in [-0.15, -0.1) is 11.8 Å². The van der Waals surface area contributed by atoms with Crippen LogP contribution in [0.15, 0.2) is 90.9 Å². The Balaban J connectivity index is 0.00000155. The highest BCUT2D eigenvalue weighted by Gasteiger charge is 2.21. The zero-order valence-corrected chi connectivity index (χ0v) is 18.6. The lowest BCUT2D eigenvalue weighted by Gasteiger charge is -2.16. The average molecular weight is 417 g/mol. The predicted octanol–water partition coefficient (Wildman–Crippen LogP) is 6.67. The van der Waals surface area contributed by atoms with E-state index in [0.29, 0.717) is 12.1 Å². The van der Waals surface area contributed by atoms with Crippen molar-refractivity contribution in [3.8, 4) is 0 Å². The van der Waals surface area contributed by atoms with Crippen LogP contribution in [-0.2, 0) is 6.54 Å². The second-order valence-corrected chi connectivity index (χ2v) is 6.93. The van der Waals surface area contributed by atoms with Crippen LogP contribution in [0.5, 0.6) is 0 Å². The number of allylic oxidation sites excluding steroid dienone is 4. The van der Waals surface area contributed by atoms with Crippen LogP contribution in [0.3, 0.4) is 0 Å². The third-order valence-corrected chi connectivity index (χ3v) is 5.17. The number of nitrogens with zero attached hydrogens (tertiary/aromatic N) is 1. The summed E-state index contributed by atoms with van der Waals surface area (Å²) in [7, 11) is 0. The number of para-hydroxylation sites is 1. The van der Waals surface area contributed by atoms with Gasteiger partial charge in [0.15, 0.2) is 0 Å². The van der Waals surface area contributed by atoms with Crippen LogP contribution < -0.4 is 5.32 Å². The summed E-state index contributed by atoms with van der Waals surface area (Å²) in [4.78, 5) is 18.9. The molecule has 154 valence electrons. The molecule has 1 heterocycles. The van der Waals surface area contributed by atoms with E-state index >= 15 is 0 Å². The Morgan fingerprint density at radius 2 is 1.73 bits per heavy atom. The molecule has 0 aliphatic carbocycles. The van der Waals surface area contributed by atoms with E-state index in [1.165, 1.54) is 11.8 Å². The molecule has 0 fully saturated rings. The summed E-state index contributed by atoms with van der Waals surface area (Å²) >= 11 is 1.51. The molecule has 30 heavy (non-hydrogen) atoms. The van der Waals surface area contributed by atoms with Crippen LogP contribution in [0.25, 0.3) is 16.5 Å². The van der Waals surface area contributed by atoms with Crippen molar-refractivity contribution in [3.63, 3.8) is 0 Å². The highest BCUT2D eigenvalue weighted by atomic mass is 32.2. The molecular formula is C26H28N2OS. The summed E-state index contributed by atoms with van der Waals surface area (Å²) in [5, 5.41) is 3.89. The smallest absolute Gasteiger partial charge is 0.253 e. The summed E-state index contributed by atoms with van der Waals surface area (Å²) < 4.78 is 0. The third-order valence-electron chi connectivity index (χ3n) is 4.37. The Morgan fingerprint density at radius 3 is 2.37 bits per heavy atom. The maximum absolute atomic E-state index is 13.2. The molecule has 1 N–H and O–H groups in total. The van der Waals surface area contributed by atoms with Gasteiger partial charge in [-0.3, -0.25) is 4.79 Å². The van der Waals surface area contributed by atoms with Crippen molar-refractivity contribution in [1.29, 1.82) is 0 Å². The summed E-state index contributed by atoms with van der Waals surface area (Å²) in [6.07, 6.45) is 7.25. The lowest BCUT2D eigenvalue weighted by Crippen LogP contribution is -2.24. The molecule has 0 radical (unpaired) electrons. The first-order chi connectivity index (χ1) is 14.7. The number of rotatable bonds is 7. The van der Waals surface area contributed by atoms with Crippen molar-refractivity contribution in [3.05, 3.63) is 103 Å². The van der Waals surface area contributed by atoms with E-state index in [1.807, 2.05) is 80.8 Å². The molecule has 0 saturated heterocycles. The molecule has 0 atom stereocenters. The van der Waals surface area contributed by atoms with Gasteiger partial charge in [0.25, 0.3) is 5.91 Å². The van der Waals surface area contributed by atoms with Crippen molar-refractivity contribution in [2.24, 2.45) is 0 Å². The number of pyridine rings is 1. The lowest BCUT2D eigenvalue weighted by molar-refractivity contribution is 0.0949. The number of hydrogen-bond acceptors (Lipinski definition) is 3. The number of carbonyl (C=O) groups is 1. The van der Waals surface area contributed by atoms with Gasteiger partial charge in [-0.1, -0.05) is 93.8 Å². The van der Waals surface area contributed by atoms with Crippen LogP contribution in [-0.4, -0.2) is 17.1 Å². The van der Waals surface area contributed by atoms with Crippen molar-refractivity contribution in [2.75, 3.05) is 6.26 Å². The normalized spacial score (nSPS) is 10.7. The van der Waals surface area contributed by atoms with E-state index in [4.69, 9.17) is 4.98 Å². The molecule has 0 saturated carbocycles. The van der Waals surface area contributed by atoms with Gasteiger partial charge in [0.05, 0.1) is 16.8 Å². The molecule has 4 heteroatoms. The maximum atomic E-state index is 13.2. The predicted molar refractivity (Wildman–Crippen MR) is 131 cm³/mol. The Kier molecular flexibility index (Phi) is 9.10. The molecule has 0 aliphatic heterocycles. The minimum atomic E-state index is -0.116. The van der Waals surface area contributed by atoms with Crippen molar-refractivity contribution >= 4 is 34.1 Å². The molecule has 0 aliphatic rings. The van der Waals surface area contributed by atoms with Crippen LogP contribution >= 0.6 is 11.8 Å². The molecule has 0 bridgehead atoms. The third kappa shape index (κ3) is 5.28. The number of fused-ring (bicyclic) bond motifs is 1. The highest BCUT2D eigenvalue weighted by molar-refractivity contribution is 7.98. The van der Waals surface area contributed by atoms with E-state index in [1.54, 1.807) is 12.2 Å². The van der Waals surface area contributed by atoms with E-state index in [-0.39, 0.29) is 5.91 Å². The Hall–Kier alpha value is -3.11. The zero-order chi connectivity index (χ0) is 21.9. The number of nitrogens with one attached hydrogen (secondary N) is 1. The number of hydrogen-bond donors (Lipinski definition) is 1. The first-order valence-electron chi connectivity index (χ1n) is 9.94. The molecule has 3 aromatic rings. The number of aromatic nitrogens is 1. The van der Waals surface area contributed by atoms with Gasteiger partial charge in [0.2, 0.25) is 0 Å². The van der Waals surface area contributed by atoms with Crippen LogP contribution in [0.4, 0.5) is 0 Å². The van der Waals surface area contributed by atoms with Gasteiger partial charge in [0.1, 0.15) is 0 Å².